The summed E-state index contributed by atoms with van der Waals surface area (Å²) >= 11 is 0. The van der Waals surface area contributed by atoms with Crippen molar-refractivity contribution in [3.8, 4) is 5.75 Å². The molecule has 0 saturated heterocycles. The Morgan fingerprint density at radius 2 is 1.80 bits per heavy atom. The summed E-state index contributed by atoms with van der Waals surface area (Å²) in [7, 11) is 1.48. The number of hydrogen-bond acceptors (Lipinski definition) is 4. The predicted molar refractivity (Wildman–Crippen MR) is 94.9 cm³/mol. The highest BCUT2D eigenvalue weighted by atomic mass is 16.5. The second-order valence-electron chi connectivity index (χ2n) is 6.45. The van der Waals surface area contributed by atoms with Gasteiger partial charge in [0.15, 0.2) is 11.4 Å². The summed E-state index contributed by atoms with van der Waals surface area (Å²) in [5, 5.41) is 11.2. The Morgan fingerprint density at radius 3 is 2.48 bits per heavy atom. The molecular formula is C20H21NO4. The fraction of sp³-hybridized carbons (Fsp3) is 0.300. The number of para-hydroxylation sites is 2. The summed E-state index contributed by atoms with van der Waals surface area (Å²) in [4.78, 5) is 27.3. The number of ether oxygens (including phenoxy) is 1. The van der Waals surface area contributed by atoms with E-state index in [2.05, 4.69) is 0 Å². The van der Waals surface area contributed by atoms with Crippen molar-refractivity contribution in [2.45, 2.75) is 31.9 Å². The quantitative estimate of drug-likeness (QED) is 0.851. The Morgan fingerprint density at radius 1 is 1.16 bits per heavy atom. The lowest BCUT2D eigenvalue weighted by Crippen LogP contribution is -2.44. The van der Waals surface area contributed by atoms with Crippen molar-refractivity contribution in [1.29, 1.82) is 0 Å². The van der Waals surface area contributed by atoms with Crippen LogP contribution in [0.25, 0.3) is 0 Å². The van der Waals surface area contributed by atoms with Crippen molar-refractivity contribution in [2.24, 2.45) is 0 Å². The average Bonchev–Trinajstić information content (AvgIpc) is 2.83. The number of carbonyl (C=O) groups is 2. The van der Waals surface area contributed by atoms with E-state index in [0.29, 0.717) is 22.6 Å². The highest BCUT2D eigenvalue weighted by Crippen LogP contribution is 2.44. The van der Waals surface area contributed by atoms with Crippen LogP contribution in [-0.4, -0.2) is 29.9 Å². The van der Waals surface area contributed by atoms with Crippen LogP contribution in [0.1, 0.15) is 36.2 Å². The third-order valence-electron chi connectivity index (χ3n) is 4.52. The fourth-order valence-corrected chi connectivity index (χ4v) is 3.34. The molecule has 0 unspecified atom stereocenters. The molecule has 0 saturated carbocycles. The van der Waals surface area contributed by atoms with Crippen molar-refractivity contribution in [3.05, 3.63) is 59.7 Å². The Labute approximate surface area is 146 Å². The first-order chi connectivity index (χ1) is 11.9. The predicted octanol–water partition coefficient (Wildman–Crippen LogP) is 2.91. The zero-order valence-corrected chi connectivity index (χ0v) is 14.5. The lowest BCUT2D eigenvalue weighted by atomic mass is 9.88. The molecule has 0 bridgehead atoms. The molecule has 0 fully saturated rings. The molecule has 1 atom stereocenters. The van der Waals surface area contributed by atoms with Gasteiger partial charge in [-0.05, 0) is 32.0 Å². The maximum Gasteiger partial charge on any atom is 0.264 e. The van der Waals surface area contributed by atoms with Crippen molar-refractivity contribution in [2.75, 3.05) is 12.0 Å². The smallest absolute Gasteiger partial charge is 0.264 e. The third-order valence-corrected chi connectivity index (χ3v) is 4.52. The summed E-state index contributed by atoms with van der Waals surface area (Å²) < 4.78 is 5.22. The number of rotatable bonds is 5. The van der Waals surface area contributed by atoms with Gasteiger partial charge in [-0.25, -0.2) is 0 Å². The van der Waals surface area contributed by atoms with Gasteiger partial charge in [0.25, 0.3) is 5.91 Å². The number of amides is 1. The van der Waals surface area contributed by atoms with Crippen LogP contribution >= 0.6 is 0 Å². The van der Waals surface area contributed by atoms with E-state index in [1.807, 2.05) is 19.9 Å². The van der Waals surface area contributed by atoms with E-state index < -0.39 is 11.5 Å². The lowest BCUT2D eigenvalue weighted by Gasteiger charge is -2.25. The van der Waals surface area contributed by atoms with E-state index in [9.17, 15) is 14.7 Å². The maximum absolute atomic E-state index is 12.9. The number of aliphatic hydroxyl groups is 1. The van der Waals surface area contributed by atoms with Gasteiger partial charge in [-0.1, -0.05) is 30.3 Å². The molecule has 25 heavy (non-hydrogen) atoms. The summed E-state index contributed by atoms with van der Waals surface area (Å²) in [6, 6.07) is 13.8. The van der Waals surface area contributed by atoms with Gasteiger partial charge in [0.1, 0.15) is 5.75 Å². The molecule has 1 N–H and O–H groups in total. The molecular weight excluding hydrogens is 318 g/mol. The molecule has 0 spiro atoms. The number of anilines is 1. The van der Waals surface area contributed by atoms with E-state index in [1.165, 1.54) is 7.11 Å². The number of nitrogens with zero attached hydrogens (tertiary/aromatic N) is 1. The van der Waals surface area contributed by atoms with Crippen LogP contribution < -0.4 is 9.64 Å². The highest BCUT2D eigenvalue weighted by Gasteiger charge is 2.51. The largest absolute Gasteiger partial charge is 0.496 e. The van der Waals surface area contributed by atoms with Gasteiger partial charge >= 0.3 is 0 Å². The zero-order chi connectivity index (χ0) is 18.2. The molecule has 1 heterocycles. The van der Waals surface area contributed by atoms with Gasteiger partial charge < -0.3 is 14.7 Å². The molecule has 1 amide bonds. The van der Waals surface area contributed by atoms with E-state index in [-0.39, 0.29) is 18.2 Å². The molecule has 2 aromatic carbocycles. The average molecular weight is 339 g/mol. The van der Waals surface area contributed by atoms with Gasteiger partial charge in [-0.2, -0.15) is 0 Å². The van der Waals surface area contributed by atoms with Gasteiger partial charge in [-0.3, -0.25) is 9.59 Å². The summed E-state index contributed by atoms with van der Waals surface area (Å²) in [6.07, 6.45) is -0.327. The number of Topliss-reactive ketones (excluding diaryl/α,β-unsaturated/α-hetero) is 1. The van der Waals surface area contributed by atoms with E-state index in [0.717, 1.165) is 0 Å². The van der Waals surface area contributed by atoms with Crippen LogP contribution in [0.5, 0.6) is 5.75 Å². The molecule has 0 aromatic heterocycles. The standard InChI is InChI=1S/C20H21NO4/c1-13(2)21-16-10-6-5-9-15(16)20(24,19(21)23)12-17(22)14-8-4-7-11-18(14)25-3/h4-11,13,24H,12H2,1-3H3/t20-/m0/s1. The first kappa shape index (κ1) is 17.2. The van der Waals surface area contributed by atoms with Crippen molar-refractivity contribution in [3.63, 3.8) is 0 Å². The van der Waals surface area contributed by atoms with Gasteiger partial charge in [0.05, 0.1) is 24.8 Å². The highest BCUT2D eigenvalue weighted by molar-refractivity contribution is 6.11. The summed E-state index contributed by atoms with van der Waals surface area (Å²) in [6.45, 7) is 3.75. The molecule has 5 heteroatoms. The van der Waals surface area contributed by atoms with Gasteiger partial charge in [-0.15, -0.1) is 0 Å². The second kappa shape index (κ2) is 6.33. The second-order valence-corrected chi connectivity index (χ2v) is 6.45. The van der Waals surface area contributed by atoms with Crippen molar-refractivity contribution >= 4 is 17.4 Å². The van der Waals surface area contributed by atoms with E-state index >= 15 is 0 Å². The number of benzene rings is 2. The summed E-state index contributed by atoms with van der Waals surface area (Å²) in [5.41, 5.74) is -0.389. The fourth-order valence-electron chi connectivity index (χ4n) is 3.34. The topological polar surface area (TPSA) is 66.8 Å². The molecule has 130 valence electrons. The SMILES string of the molecule is COc1ccccc1C(=O)C[C@@]1(O)C(=O)N(C(C)C)c2ccccc21. The van der Waals surface area contributed by atoms with Gasteiger partial charge in [0, 0.05) is 11.6 Å². The molecule has 1 aliphatic heterocycles. The molecule has 1 aliphatic rings. The molecule has 0 aliphatic carbocycles. The normalized spacial score (nSPS) is 19.2. The maximum atomic E-state index is 12.9. The van der Waals surface area contributed by atoms with E-state index in [4.69, 9.17) is 4.74 Å². The first-order valence-electron chi connectivity index (χ1n) is 8.22. The number of ketones is 1. The molecule has 3 rings (SSSR count). The van der Waals surface area contributed by atoms with Gasteiger partial charge in [0.2, 0.25) is 0 Å². The Bertz CT molecular complexity index is 830. The van der Waals surface area contributed by atoms with Crippen LogP contribution in [-0.2, 0) is 10.4 Å². The Hall–Kier alpha value is -2.66. The third kappa shape index (κ3) is 2.70. The Balaban J connectivity index is 2.02. The molecule has 5 nitrogen and oxygen atoms in total. The van der Waals surface area contributed by atoms with E-state index in [1.54, 1.807) is 47.4 Å². The van der Waals surface area contributed by atoms with Crippen LogP contribution in [0.2, 0.25) is 0 Å². The van der Waals surface area contributed by atoms with Crippen LogP contribution in [0.4, 0.5) is 5.69 Å². The summed E-state index contributed by atoms with van der Waals surface area (Å²) in [5.74, 6) is -0.379. The zero-order valence-electron chi connectivity index (χ0n) is 14.5. The minimum absolute atomic E-state index is 0.121. The molecule has 2 aromatic rings. The number of methoxy groups -OCH3 is 1. The first-order valence-corrected chi connectivity index (χ1v) is 8.22. The van der Waals surface area contributed by atoms with Crippen molar-refractivity contribution in [1.82, 2.24) is 0 Å². The minimum Gasteiger partial charge on any atom is -0.496 e. The number of carbonyl (C=O) groups excluding carboxylic acids is 2. The van der Waals surface area contributed by atoms with Crippen LogP contribution in [0, 0.1) is 0 Å². The van der Waals surface area contributed by atoms with Crippen molar-refractivity contribution < 1.29 is 19.4 Å². The van der Waals surface area contributed by atoms with Crippen LogP contribution in [0.3, 0.4) is 0 Å². The minimum atomic E-state index is -1.86. The van der Waals surface area contributed by atoms with Crippen LogP contribution in [0.15, 0.2) is 48.5 Å². The number of hydrogen-bond donors (Lipinski definition) is 1. The number of fused-ring (bicyclic) bond motifs is 1. The monoisotopic (exact) mass is 339 g/mol. The lowest BCUT2D eigenvalue weighted by molar-refractivity contribution is -0.136. The Kier molecular flexibility index (Phi) is 4.35. The molecule has 0 radical (unpaired) electrons.